The molecule has 3 nitrogen and oxygen atoms in total. The Morgan fingerprint density at radius 3 is 2.39 bits per heavy atom. The van der Waals surface area contributed by atoms with Crippen molar-refractivity contribution in [3.63, 3.8) is 0 Å². The van der Waals surface area contributed by atoms with Crippen LogP contribution in [0.1, 0.15) is 18.1 Å². The smallest absolute Gasteiger partial charge is 0.132 e. The Labute approximate surface area is 107 Å². The zero-order chi connectivity index (χ0) is 13.0. The van der Waals surface area contributed by atoms with Crippen molar-refractivity contribution in [3.8, 4) is 6.07 Å². The van der Waals surface area contributed by atoms with E-state index in [1.165, 1.54) is 5.56 Å². The minimum absolute atomic E-state index is 0.582. The molecule has 0 saturated carbocycles. The van der Waals surface area contributed by atoms with E-state index in [4.69, 9.17) is 5.26 Å². The molecule has 0 saturated heterocycles. The minimum Gasteiger partial charge on any atom is -0.327 e. The molecule has 0 unspecified atom stereocenters. The predicted octanol–water partition coefficient (Wildman–Crippen LogP) is 3.42. The molecular weight excluding hydrogens is 222 g/mol. The molecule has 0 aliphatic heterocycles. The third kappa shape index (κ3) is 2.49. The normalized spacial score (nSPS) is 9.83. The molecule has 0 N–H and O–H groups in total. The van der Waals surface area contributed by atoms with E-state index in [0.29, 0.717) is 5.56 Å². The van der Waals surface area contributed by atoms with Crippen LogP contribution in [0.5, 0.6) is 0 Å². The summed E-state index contributed by atoms with van der Waals surface area (Å²) in [5, 5.41) is 8.77. The Bertz CT molecular complexity index is 550. The number of aromatic nitrogens is 1. The molecule has 1 aromatic carbocycles. The van der Waals surface area contributed by atoms with Gasteiger partial charge >= 0.3 is 0 Å². The molecule has 0 amide bonds. The lowest BCUT2D eigenvalue weighted by Gasteiger charge is -2.22. The summed E-state index contributed by atoms with van der Waals surface area (Å²) >= 11 is 0. The van der Waals surface area contributed by atoms with Crippen molar-refractivity contribution in [3.05, 3.63) is 53.7 Å². The average molecular weight is 237 g/mol. The Hall–Kier alpha value is -2.34. The predicted molar refractivity (Wildman–Crippen MR) is 72.8 cm³/mol. The Kier molecular flexibility index (Phi) is 3.59. The summed E-state index contributed by atoms with van der Waals surface area (Å²) in [6.07, 6.45) is 1.60. The minimum atomic E-state index is 0.582. The first kappa shape index (κ1) is 12.1. The van der Waals surface area contributed by atoms with Gasteiger partial charge in [0, 0.05) is 18.4 Å². The molecule has 0 aliphatic rings. The number of anilines is 2. The van der Waals surface area contributed by atoms with Gasteiger partial charge in [-0.15, -0.1) is 0 Å². The van der Waals surface area contributed by atoms with Crippen LogP contribution >= 0.6 is 0 Å². The summed E-state index contributed by atoms with van der Waals surface area (Å²) in [7, 11) is 0. The van der Waals surface area contributed by atoms with Gasteiger partial charge in [0.25, 0.3) is 0 Å². The van der Waals surface area contributed by atoms with E-state index in [9.17, 15) is 0 Å². The summed E-state index contributed by atoms with van der Waals surface area (Å²) < 4.78 is 0. The first-order valence-corrected chi connectivity index (χ1v) is 5.95. The first-order chi connectivity index (χ1) is 8.74. The topological polar surface area (TPSA) is 39.9 Å². The summed E-state index contributed by atoms with van der Waals surface area (Å²) in [5.74, 6) is 0.861. The molecule has 0 bridgehead atoms. The second-order valence-electron chi connectivity index (χ2n) is 4.10. The summed E-state index contributed by atoms with van der Waals surface area (Å²) in [5.41, 5.74) is 2.93. The van der Waals surface area contributed by atoms with Crippen molar-refractivity contribution < 1.29 is 0 Å². The molecule has 90 valence electrons. The molecular formula is C15H15N3. The third-order valence-electron chi connectivity index (χ3n) is 2.82. The van der Waals surface area contributed by atoms with Gasteiger partial charge in [0.2, 0.25) is 0 Å². The van der Waals surface area contributed by atoms with Gasteiger partial charge in [0.15, 0.2) is 0 Å². The van der Waals surface area contributed by atoms with Crippen LogP contribution in [0.3, 0.4) is 0 Å². The summed E-state index contributed by atoms with van der Waals surface area (Å²) in [6, 6.07) is 14.1. The fraction of sp³-hybridized carbons (Fsp3) is 0.200. The van der Waals surface area contributed by atoms with Gasteiger partial charge in [-0.25, -0.2) is 4.98 Å². The maximum absolute atomic E-state index is 8.77. The molecule has 0 spiro atoms. The fourth-order valence-electron chi connectivity index (χ4n) is 1.81. The van der Waals surface area contributed by atoms with Crippen LogP contribution in [-0.4, -0.2) is 11.5 Å². The molecule has 2 aromatic rings. The number of hydrogen-bond acceptors (Lipinski definition) is 3. The van der Waals surface area contributed by atoms with Crippen LogP contribution in [0.25, 0.3) is 0 Å². The Balaban J connectivity index is 2.33. The van der Waals surface area contributed by atoms with Crippen LogP contribution in [0.2, 0.25) is 0 Å². The maximum Gasteiger partial charge on any atom is 0.132 e. The molecule has 2 rings (SSSR count). The molecule has 0 aliphatic carbocycles. The van der Waals surface area contributed by atoms with Crippen molar-refractivity contribution in [2.75, 3.05) is 11.4 Å². The van der Waals surface area contributed by atoms with E-state index in [1.807, 2.05) is 6.07 Å². The second-order valence-corrected chi connectivity index (χ2v) is 4.10. The van der Waals surface area contributed by atoms with E-state index in [1.54, 1.807) is 12.3 Å². The monoisotopic (exact) mass is 237 g/mol. The van der Waals surface area contributed by atoms with E-state index in [-0.39, 0.29) is 0 Å². The average Bonchev–Trinajstić information content (AvgIpc) is 2.42. The van der Waals surface area contributed by atoms with Crippen molar-refractivity contribution in [2.45, 2.75) is 13.8 Å². The Morgan fingerprint density at radius 1 is 1.17 bits per heavy atom. The highest BCUT2D eigenvalue weighted by Crippen LogP contribution is 2.23. The highest BCUT2D eigenvalue weighted by Gasteiger charge is 2.07. The van der Waals surface area contributed by atoms with E-state index >= 15 is 0 Å². The number of pyridine rings is 1. The van der Waals surface area contributed by atoms with Gasteiger partial charge < -0.3 is 4.90 Å². The molecule has 1 heterocycles. The van der Waals surface area contributed by atoms with Gasteiger partial charge in [-0.1, -0.05) is 17.7 Å². The highest BCUT2D eigenvalue weighted by atomic mass is 15.2. The van der Waals surface area contributed by atoms with Crippen LogP contribution in [0.15, 0.2) is 42.6 Å². The zero-order valence-corrected chi connectivity index (χ0v) is 10.6. The second kappa shape index (κ2) is 5.33. The first-order valence-electron chi connectivity index (χ1n) is 5.95. The SMILES string of the molecule is CCN(c1ccc(C)cc1)c1ccc(C#N)cn1. The van der Waals surface area contributed by atoms with Crippen LogP contribution < -0.4 is 4.90 Å². The lowest BCUT2D eigenvalue weighted by atomic mass is 10.2. The lowest BCUT2D eigenvalue weighted by Crippen LogP contribution is -2.17. The Morgan fingerprint density at radius 2 is 1.89 bits per heavy atom. The number of hydrogen-bond donors (Lipinski definition) is 0. The van der Waals surface area contributed by atoms with Crippen molar-refractivity contribution in [1.29, 1.82) is 5.26 Å². The summed E-state index contributed by atoms with van der Waals surface area (Å²) in [4.78, 5) is 6.43. The van der Waals surface area contributed by atoms with Gasteiger partial charge in [0.05, 0.1) is 5.56 Å². The molecule has 0 radical (unpaired) electrons. The molecule has 0 atom stereocenters. The van der Waals surface area contributed by atoms with Crippen LogP contribution in [0, 0.1) is 18.3 Å². The van der Waals surface area contributed by atoms with E-state index in [0.717, 1.165) is 18.1 Å². The molecule has 3 heteroatoms. The fourth-order valence-corrected chi connectivity index (χ4v) is 1.81. The summed E-state index contributed by atoms with van der Waals surface area (Å²) in [6.45, 7) is 4.99. The highest BCUT2D eigenvalue weighted by molar-refractivity contribution is 5.60. The number of nitrogens with zero attached hydrogens (tertiary/aromatic N) is 3. The quantitative estimate of drug-likeness (QED) is 0.821. The third-order valence-corrected chi connectivity index (χ3v) is 2.82. The van der Waals surface area contributed by atoms with Crippen molar-refractivity contribution in [2.24, 2.45) is 0 Å². The standard InChI is InChI=1S/C15H15N3/c1-3-18(14-7-4-12(2)5-8-14)15-9-6-13(10-16)11-17-15/h4-9,11H,3H2,1-2H3. The van der Waals surface area contributed by atoms with Gasteiger partial charge in [-0.05, 0) is 38.1 Å². The number of nitriles is 1. The lowest BCUT2D eigenvalue weighted by molar-refractivity contribution is 0.988. The van der Waals surface area contributed by atoms with E-state index < -0.39 is 0 Å². The molecule has 18 heavy (non-hydrogen) atoms. The van der Waals surface area contributed by atoms with E-state index in [2.05, 4.69) is 54.1 Å². The molecule has 0 fully saturated rings. The molecule has 1 aromatic heterocycles. The number of aryl methyl sites for hydroxylation is 1. The van der Waals surface area contributed by atoms with Gasteiger partial charge in [-0.3, -0.25) is 0 Å². The van der Waals surface area contributed by atoms with Gasteiger partial charge in [-0.2, -0.15) is 5.26 Å². The number of benzene rings is 1. The largest absolute Gasteiger partial charge is 0.327 e. The zero-order valence-electron chi connectivity index (χ0n) is 10.6. The van der Waals surface area contributed by atoms with Crippen molar-refractivity contribution >= 4 is 11.5 Å². The van der Waals surface area contributed by atoms with Crippen molar-refractivity contribution in [1.82, 2.24) is 4.98 Å². The van der Waals surface area contributed by atoms with Gasteiger partial charge in [0.1, 0.15) is 11.9 Å². The number of rotatable bonds is 3. The van der Waals surface area contributed by atoms with Crippen LogP contribution in [0.4, 0.5) is 11.5 Å². The van der Waals surface area contributed by atoms with Crippen LogP contribution in [-0.2, 0) is 0 Å². The maximum atomic E-state index is 8.77.